The van der Waals surface area contributed by atoms with Crippen molar-refractivity contribution in [1.29, 1.82) is 0 Å². The first-order chi connectivity index (χ1) is 6.68. The van der Waals surface area contributed by atoms with Gasteiger partial charge in [0.1, 0.15) is 5.75 Å². The number of carbonyl (C=O) groups is 2. The molecule has 14 heavy (non-hydrogen) atoms. The van der Waals surface area contributed by atoms with Gasteiger partial charge in [-0.2, -0.15) is 0 Å². The van der Waals surface area contributed by atoms with Gasteiger partial charge in [0, 0.05) is 0 Å². The van der Waals surface area contributed by atoms with Crippen molar-refractivity contribution in [3.05, 3.63) is 37.3 Å². The van der Waals surface area contributed by atoms with Gasteiger partial charge in [0.2, 0.25) is 0 Å². The first-order valence-electron chi connectivity index (χ1n) is 3.93. The molecule has 0 heterocycles. The Hall–Kier alpha value is -1.84. The number of rotatable bonds is 3. The summed E-state index contributed by atoms with van der Waals surface area (Å²) in [5.41, 5.74) is 0. The lowest BCUT2D eigenvalue weighted by Gasteiger charge is -2.03. The molecule has 73 valence electrons. The van der Waals surface area contributed by atoms with E-state index >= 15 is 0 Å². The third kappa shape index (κ3) is 3.71. The highest BCUT2D eigenvalue weighted by Crippen LogP contribution is 2.07. The third-order valence-corrected chi connectivity index (χ3v) is 1.33. The topological polar surface area (TPSA) is 52.6 Å². The predicted molar refractivity (Wildman–Crippen MR) is 48.4 cm³/mol. The number of esters is 2. The molecule has 0 aliphatic heterocycles. The van der Waals surface area contributed by atoms with E-state index in [9.17, 15) is 9.59 Å². The number of carbonyl (C=O) groups excluding carboxylic acids is 2. The normalized spacial score (nSPS) is 9.21. The van der Waals surface area contributed by atoms with E-state index in [1.54, 1.807) is 24.3 Å². The Kier molecular flexibility index (Phi) is 3.67. The van der Waals surface area contributed by atoms with Crippen molar-refractivity contribution in [1.82, 2.24) is 0 Å². The number of benzene rings is 1. The SMILES string of the molecule is [CH2]C(=O)OC(=O)COc1ccccc1. The Morgan fingerprint density at radius 2 is 1.86 bits per heavy atom. The van der Waals surface area contributed by atoms with Gasteiger partial charge in [-0.3, -0.25) is 4.79 Å². The van der Waals surface area contributed by atoms with Gasteiger partial charge < -0.3 is 9.47 Å². The van der Waals surface area contributed by atoms with Crippen LogP contribution in [0.2, 0.25) is 0 Å². The average Bonchev–Trinajstić information content (AvgIpc) is 2.15. The Morgan fingerprint density at radius 3 is 2.43 bits per heavy atom. The molecule has 0 fully saturated rings. The molecule has 0 N–H and O–H groups in total. The largest absolute Gasteiger partial charge is 0.482 e. The quantitative estimate of drug-likeness (QED) is 0.530. The highest BCUT2D eigenvalue weighted by molar-refractivity contribution is 5.88. The monoisotopic (exact) mass is 193 g/mol. The van der Waals surface area contributed by atoms with E-state index in [0.29, 0.717) is 5.75 Å². The zero-order valence-electron chi connectivity index (χ0n) is 7.43. The van der Waals surface area contributed by atoms with Crippen LogP contribution in [-0.2, 0) is 14.3 Å². The van der Waals surface area contributed by atoms with Crippen LogP contribution in [0, 0.1) is 6.92 Å². The molecule has 4 nitrogen and oxygen atoms in total. The van der Waals surface area contributed by atoms with E-state index in [0.717, 1.165) is 0 Å². The molecule has 0 aromatic heterocycles. The summed E-state index contributed by atoms with van der Waals surface area (Å²) < 4.78 is 9.17. The highest BCUT2D eigenvalue weighted by atomic mass is 16.6. The van der Waals surface area contributed by atoms with Gasteiger partial charge in [0.25, 0.3) is 0 Å². The van der Waals surface area contributed by atoms with Crippen molar-refractivity contribution >= 4 is 11.9 Å². The number of hydrogen-bond donors (Lipinski definition) is 0. The maximum Gasteiger partial charge on any atom is 0.351 e. The first kappa shape index (κ1) is 10.2. The van der Waals surface area contributed by atoms with Crippen LogP contribution in [-0.4, -0.2) is 18.5 Å². The van der Waals surface area contributed by atoms with Crippen molar-refractivity contribution in [2.45, 2.75) is 0 Å². The molecular formula is C10H9O4. The smallest absolute Gasteiger partial charge is 0.351 e. The summed E-state index contributed by atoms with van der Waals surface area (Å²) in [6, 6.07) is 8.75. The second-order valence-electron chi connectivity index (χ2n) is 2.45. The minimum absolute atomic E-state index is 0.300. The second-order valence-corrected chi connectivity index (χ2v) is 2.45. The van der Waals surface area contributed by atoms with E-state index in [2.05, 4.69) is 11.7 Å². The van der Waals surface area contributed by atoms with E-state index in [4.69, 9.17) is 4.74 Å². The van der Waals surface area contributed by atoms with Gasteiger partial charge in [-0.1, -0.05) is 18.2 Å². The van der Waals surface area contributed by atoms with Crippen LogP contribution in [0.4, 0.5) is 0 Å². The number of para-hydroxylation sites is 1. The molecule has 0 amide bonds. The molecule has 0 unspecified atom stereocenters. The minimum Gasteiger partial charge on any atom is -0.482 e. The lowest BCUT2D eigenvalue weighted by atomic mass is 10.3. The Morgan fingerprint density at radius 1 is 1.21 bits per heavy atom. The van der Waals surface area contributed by atoms with E-state index < -0.39 is 11.9 Å². The summed E-state index contributed by atoms with van der Waals surface area (Å²) in [4.78, 5) is 21.1. The zero-order chi connectivity index (χ0) is 10.4. The fourth-order valence-electron chi connectivity index (χ4n) is 0.815. The van der Waals surface area contributed by atoms with E-state index in [1.165, 1.54) is 0 Å². The third-order valence-electron chi connectivity index (χ3n) is 1.33. The molecule has 0 aliphatic carbocycles. The van der Waals surface area contributed by atoms with Crippen molar-refractivity contribution in [3.8, 4) is 5.75 Å². The van der Waals surface area contributed by atoms with Crippen LogP contribution < -0.4 is 4.74 Å². The van der Waals surface area contributed by atoms with Gasteiger partial charge in [0.15, 0.2) is 6.61 Å². The Balaban J connectivity index is 2.34. The van der Waals surface area contributed by atoms with Gasteiger partial charge in [-0.25, -0.2) is 4.79 Å². The summed E-state index contributed by atoms with van der Waals surface area (Å²) in [6.07, 6.45) is 0. The minimum atomic E-state index is -0.883. The average molecular weight is 193 g/mol. The van der Waals surface area contributed by atoms with Crippen LogP contribution in [0.1, 0.15) is 0 Å². The van der Waals surface area contributed by atoms with Gasteiger partial charge >= 0.3 is 11.9 Å². The zero-order valence-corrected chi connectivity index (χ0v) is 7.43. The second kappa shape index (κ2) is 5.01. The van der Waals surface area contributed by atoms with Crippen LogP contribution in [0.5, 0.6) is 5.75 Å². The van der Waals surface area contributed by atoms with Gasteiger partial charge in [-0.05, 0) is 12.1 Å². The standard InChI is InChI=1S/C10H9O4/c1-8(11)14-10(12)7-13-9-5-3-2-4-6-9/h2-6H,1,7H2. The van der Waals surface area contributed by atoms with Crippen LogP contribution in [0.15, 0.2) is 30.3 Å². The first-order valence-corrected chi connectivity index (χ1v) is 3.93. The maximum atomic E-state index is 10.8. The molecule has 1 rings (SSSR count). The Labute approximate surface area is 81.4 Å². The van der Waals surface area contributed by atoms with Crippen molar-refractivity contribution < 1.29 is 19.1 Å². The summed E-state index contributed by atoms with van der Waals surface area (Å²) in [5, 5.41) is 0. The fourth-order valence-corrected chi connectivity index (χ4v) is 0.815. The molecule has 1 radical (unpaired) electrons. The summed E-state index contributed by atoms with van der Waals surface area (Å²) in [5.74, 6) is -1.10. The van der Waals surface area contributed by atoms with E-state index in [-0.39, 0.29) is 6.61 Å². The lowest BCUT2D eigenvalue weighted by Crippen LogP contribution is -2.17. The molecular weight excluding hydrogens is 184 g/mol. The molecule has 0 bridgehead atoms. The maximum absolute atomic E-state index is 10.8. The van der Waals surface area contributed by atoms with Crippen LogP contribution in [0.25, 0.3) is 0 Å². The van der Waals surface area contributed by atoms with E-state index in [1.807, 2.05) is 6.07 Å². The van der Waals surface area contributed by atoms with Crippen molar-refractivity contribution in [3.63, 3.8) is 0 Å². The van der Waals surface area contributed by atoms with Gasteiger partial charge in [-0.15, -0.1) is 0 Å². The molecule has 0 aliphatic rings. The fraction of sp³-hybridized carbons (Fsp3) is 0.100. The van der Waals surface area contributed by atoms with Crippen molar-refractivity contribution in [2.24, 2.45) is 0 Å². The molecule has 1 aromatic carbocycles. The molecule has 0 spiro atoms. The highest BCUT2D eigenvalue weighted by Gasteiger charge is 2.06. The Bertz CT molecular complexity index is 318. The number of ether oxygens (including phenoxy) is 2. The molecule has 1 aromatic rings. The van der Waals surface area contributed by atoms with Crippen LogP contribution >= 0.6 is 0 Å². The molecule has 0 atom stereocenters. The van der Waals surface area contributed by atoms with Gasteiger partial charge in [0.05, 0.1) is 6.92 Å². The molecule has 0 saturated heterocycles. The predicted octanol–water partition coefficient (Wildman–Crippen LogP) is 0.969. The van der Waals surface area contributed by atoms with Crippen molar-refractivity contribution in [2.75, 3.05) is 6.61 Å². The summed E-state index contributed by atoms with van der Waals surface area (Å²) in [7, 11) is 0. The molecule has 0 saturated carbocycles. The lowest BCUT2D eigenvalue weighted by molar-refractivity contribution is -0.157. The molecule has 4 heteroatoms. The number of hydrogen-bond acceptors (Lipinski definition) is 4. The summed E-state index contributed by atoms with van der Waals surface area (Å²) in [6.45, 7) is 2.60. The summed E-state index contributed by atoms with van der Waals surface area (Å²) >= 11 is 0. The van der Waals surface area contributed by atoms with Crippen LogP contribution in [0.3, 0.4) is 0 Å².